The minimum atomic E-state index is -3.78. The SMILES string of the molecule is N#C[C@@H]1CCCC[C@H]1N1Cc2ccc(-c3nnc(C(F)F)o3)cc2S1(=O)=O. The maximum Gasteiger partial charge on any atom is 0.314 e. The van der Waals surface area contributed by atoms with Gasteiger partial charge in [-0.05, 0) is 30.5 Å². The predicted octanol–water partition coefficient (Wildman–Crippen LogP) is 3.26. The molecule has 1 aromatic heterocycles. The van der Waals surface area contributed by atoms with Crippen LogP contribution < -0.4 is 0 Å². The molecule has 0 spiro atoms. The van der Waals surface area contributed by atoms with E-state index < -0.39 is 22.3 Å². The standard InChI is InChI=1S/C17H16F2N4O3S/c18-15(19)17-22-21-16(26-17)10-5-6-12-9-23(27(24,25)14(12)7-10)13-4-2-1-3-11(13)8-20/h5-7,11,13,15H,1-4,9H2/t11-,13+/m0/s1. The topological polar surface area (TPSA) is 100 Å². The van der Waals surface area contributed by atoms with Crippen molar-refractivity contribution in [1.82, 2.24) is 14.5 Å². The molecule has 27 heavy (non-hydrogen) atoms. The fourth-order valence-electron chi connectivity index (χ4n) is 3.78. The van der Waals surface area contributed by atoms with E-state index in [1.165, 1.54) is 10.4 Å². The zero-order valence-corrected chi connectivity index (χ0v) is 15.0. The average molecular weight is 394 g/mol. The number of fused-ring (bicyclic) bond motifs is 1. The highest BCUT2D eigenvalue weighted by molar-refractivity contribution is 7.89. The summed E-state index contributed by atoms with van der Waals surface area (Å²) in [6.45, 7) is 0.201. The second-order valence-corrected chi connectivity index (χ2v) is 8.57. The van der Waals surface area contributed by atoms with Gasteiger partial charge in [-0.1, -0.05) is 18.9 Å². The lowest BCUT2D eigenvalue weighted by Crippen LogP contribution is -2.42. The molecule has 0 bridgehead atoms. The molecule has 1 fully saturated rings. The Morgan fingerprint density at radius 1 is 1.26 bits per heavy atom. The first kappa shape index (κ1) is 18.0. The highest BCUT2D eigenvalue weighted by Gasteiger charge is 2.43. The average Bonchev–Trinajstić information content (AvgIpc) is 3.25. The Kier molecular flexibility index (Phi) is 4.44. The Hall–Kier alpha value is -2.38. The molecule has 0 radical (unpaired) electrons. The normalized spacial score (nSPS) is 24.7. The lowest BCUT2D eigenvalue weighted by molar-refractivity contribution is 0.116. The molecule has 2 aromatic rings. The lowest BCUT2D eigenvalue weighted by atomic mass is 9.85. The molecule has 0 unspecified atom stereocenters. The van der Waals surface area contributed by atoms with Crippen LogP contribution in [0.3, 0.4) is 0 Å². The molecular formula is C17H16F2N4O3S. The van der Waals surface area contributed by atoms with Crippen molar-refractivity contribution in [1.29, 1.82) is 5.26 Å². The lowest BCUT2D eigenvalue weighted by Gasteiger charge is -2.33. The van der Waals surface area contributed by atoms with Crippen molar-refractivity contribution >= 4 is 10.0 Å². The zero-order chi connectivity index (χ0) is 19.2. The smallest absolute Gasteiger partial charge is 0.314 e. The number of hydrogen-bond acceptors (Lipinski definition) is 6. The molecule has 0 N–H and O–H groups in total. The van der Waals surface area contributed by atoms with Crippen LogP contribution in [0, 0.1) is 17.2 Å². The van der Waals surface area contributed by atoms with Crippen LogP contribution in [0.4, 0.5) is 8.78 Å². The molecule has 2 aliphatic rings. The van der Waals surface area contributed by atoms with Gasteiger partial charge in [0.2, 0.25) is 15.9 Å². The van der Waals surface area contributed by atoms with E-state index in [0.717, 1.165) is 12.8 Å². The number of benzene rings is 1. The van der Waals surface area contributed by atoms with Crippen LogP contribution in [-0.4, -0.2) is 29.0 Å². The third-order valence-electron chi connectivity index (χ3n) is 5.12. The molecule has 1 aliphatic heterocycles. The molecule has 142 valence electrons. The van der Waals surface area contributed by atoms with Crippen LogP contribution in [-0.2, 0) is 16.6 Å². The third-order valence-corrected chi connectivity index (χ3v) is 7.07. The number of alkyl halides is 2. The van der Waals surface area contributed by atoms with Crippen LogP contribution in [0.25, 0.3) is 11.5 Å². The van der Waals surface area contributed by atoms with Crippen molar-refractivity contribution in [3.63, 3.8) is 0 Å². The van der Waals surface area contributed by atoms with Crippen molar-refractivity contribution in [2.45, 2.75) is 49.6 Å². The van der Waals surface area contributed by atoms with Gasteiger partial charge in [-0.15, -0.1) is 10.2 Å². The van der Waals surface area contributed by atoms with Gasteiger partial charge < -0.3 is 4.42 Å². The second kappa shape index (κ2) is 6.65. The van der Waals surface area contributed by atoms with E-state index in [0.29, 0.717) is 18.4 Å². The van der Waals surface area contributed by atoms with Gasteiger partial charge in [-0.3, -0.25) is 0 Å². The number of nitrogens with zero attached hydrogens (tertiary/aromatic N) is 4. The third kappa shape index (κ3) is 3.00. The Morgan fingerprint density at radius 3 is 2.74 bits per heavy atom. The molecule has 0 saturated heterocycles. The number of aromatic nitrogens is 2. The first-order chi connectivity index (χ1) is 12.9. The zero-order valence-electron chi connectivity index (χ0n) is 14.2. The maximum absolute atomic E-state index is 13.1. The van der Waals surface area contributed by atoms with E-state index in [4.69, 9.17) is 4.42 Å². The molecule has 10 heteroatoms. The van der Waals surface area contributed by atoms with Crippen molar-refractivity contribution in [3.05, 3.63) is 29.7 Å². The summed E-state index contributed by atoms with van der Waals surface area (Å²) < 4.78 is 57.7. The van der Waals surface area contributed by atoms with Crippen molar-refractivity contribution < 1.29 is 21.6 Å². The number of nitriles is 1. The fourth-order valence-corrected chi connectivity index (χ4v) is 5.69. The number of sulfonamides is 1. The highest BCUT2D eigenvalue weighted by Crippen LogP contribution is 2.39. The molecule has 1 aliphatic carbocycles. The van der Waals surface area contributed by atoms with Crippen LogP contribution in [0.5, 0.6) is 0 Å². The first-order valence-electron chi connectivity index (χ1n) is 8.58. The quantitative estimate of drug-likeness (QED) is 0.792. The maximum atomic E-state index is 13.1. The predicted molar refractivity (Wildman–Crippen MR) is 88.8 cm³/mol. The van der Waals surface area contributed by atoms with Gasteiger partial charge in [0.1, 0.15) is 0 Å². The second-order valence-electron chi connectivity index (χ2n) is 6.71. The van der Waals surface area contributed by atoms with Gasteiger partial charge in [0.15, 0.2) is 0 Å². The largest absolute Gasteiger partial charge is 0.415 e. The molecule has 0 amide bonds. The summed E-state index contributed by atoms with van der Waals surface area (Å²) in [5, 5.41) is 16.2. The van der Waals surface area contributed by atoms with Gasteiger partial charge in [-0.2, -0.15) is 18.3 Å². The van der Waals surface area contributed by atoms with E-state index in [9.17, 15) is 22.5 Å². The number of hydrogen-bond donors (Lipinski definition) is 0. The minimum absolute atomic E-state index is 0.0964. The summed E-state index contributed by atoms with van der Waals surface area (Å²) in [4.78, 5) is 0.0964. The Balaban J connectivity index is 1.69. The summed E-state index contributed by atoms with van der Waals surface area (Å²) in [6.07, 6.45) is 0.250. The Morgan fingerprint density at radius 2 is 2.04 bits per heavy atom. The number of rotatable bonds is 3. The Bertz CT molecular complexity index is 1020. The Labute approximate surface area is 154 Å². The summed E-state index contributed by atoms with van der Waals surface area (Å²) in [5.41, 5.74) is 0.869. The number of halogens is 2. The summed E-state index contributed by atoms with van der Waals surface area (Å²) >= 11 is 0. The van der Waals surface area contributed by atoms with Crippen LogP contribution in [0.15, 0.2) is 27.5 Å². The van der Waals surface area contributed by atoms with E-state index in [2.05, 4.69) is 16.3 Å². The molecular weight excluding hydrogens is 378 g/mol. The van der Waals surface area contributed by atoms with Crippen molar-refractivity contribution in [2.24, 2.45) is 5.92 Å². The van der Waals surface area contributed by atoms with Gasteiger partial charge in [0.05, 0.1) is 16.9 Å². The van der Waals surface area contributed by atoms with Gasteiger partial charge in [0, 0.05) is 18.2 Å². The van der Waals surface area contributed by atoms with E-state index >= 15 is 0 Å². The van der Waals surface area contributed by atoms with Gasteiger partial charge in [0.25, 0.3) is 5.89 Å². The molecule has 1 saturated carbocycles. The van der Waals surface area contributed by atoms with Crippen LogP contribution >= 0.6 is 0 Å². The molecule has 1 aromatic carbocycles. The van der Waals surface area contributed by atoms with Crippen LogP contribution in [0.1, 0.15) is 43.6 Å². The fraction of sp³-hybridized carbons (Fsp3) is 0.471. The first-order valence-corrected chi connectivity index (χ1v) is 10.0. The van der Waals surface area contributed by atoms with E-state index in [1.54, 1.807) is 12.1 Å². The highest BCUT2D eigenvalue weighted by atomic mass is 32.2. The summed E-state index contributed by atoms with van der Waals surface area (Å²) in [5.74, 6) is -1.30. The van der Waals surface area contributed by atoms with Crippen molar-refractivity contribution in [3.8, 4) is 17.5 Å². The molecule has 4 rings (SSSR count). The monoisotopic (exact) mass is 394 g/mol. The van der Waals surface area contributed by atoms with E-state index in [-0.39, 0.29) is 34.9 Å². The molecule has 7 nitrogen and oxygen atoms in total. The van der Waals surface area contributed by atoms with E-state index in [1.807, 2.05) is 0 Å². The minimum Gasteiger partial charge on any atom is -0.415 e. The summed E-state index contributed by atoms with van der Waals surface area (Å²) in [7, 11) is -3.78. The summed E-state index contributed by atoms with van der Waals surface area (Å²) in [6, 6.07) is 6.46. The molecule has 2 heterocycles. The van der Waals surface area contributed by atoms with Crippen LogP contribution in [0.2, 0.25) is 0 Å². The van der Waals surface area contributed by atoms with Gasteiger partial charge >= 0.3 is 6.43 Å². The van der Waals surface area contributed by atoms with Crippen molar-refractivity contribution in [2.75, 3.05) is 0 Å². The van der Waals surface area contributed by atoms with Gasteiger partial charge in [-0.25, -0.2) is 8.42 Å². The molecule has 2 atom stereocenters.